The van der Waals surface area contributed by atoms with Crippen molar-refractivity contribution in [2.24, 2.45) is 4.99 Å². The quantitative estimate of drug-likeness (QED) is 0.565. The third-order valence-electron chi connectivity index (χ3n) is 3.37. The van der Waals surface area contributed by atoms with Gasteiger partial charge in [-0.15, -0.1) is 0 Å². The first-order chi connectivity index (χ1) is 11.7. The topological polar surface area (TPSA) is 76.4 Å². The summed E-state index contributed by atoms with van der Waals surface area (Å²) in [6.07, 6.45) is 3.26. The highest BCUT2D eigenvalue weighted by atomic mass is 16.5. The number of hydrogen-bond donors (Lipinski definition) is 2. The van der Waals surface area contributed by atoms with E-state index in [0.29, 0.717) is 19.7 Å². The minimum Gasteiger partial charge on any atom is -0.383 e. The Morgan fingerprint density at radius 2 is 2.21 bits per heavy atom. The van der Waals surface area contributed by atoms with E-state index in [1.807, 2.05) is 6.07 Å². The number of aromatic nitrogens is 3. The Morgan fingerprint density at radius 3 is 2.92 bits per heavy atom. The largest absolute Gasteiger partial charge is 0.383 e. The number of rotatable bonds is 8. The van der Waals surface area contributed by atoms with Gasteiger partial charge in [0, 0.05) is 19.7 Å². The molecular weight excluding hydrogens is 304 g/mol. The van der Waals surface area contributed by atoms with Crippen molar-refractivity contribution in [2.45, 2.75) is 33.0 Å². The fourth-order valence-electron chi connectivity index (χ4n) is 2.34. The van der Waals surface area contributed by atoms with Crippen LogP contribution in [-0.2, 0) is 17.8 Å². The summed E-state index contributed by atoms with van der Waals surface area (Å²) in [4.78, 5) is 8.61. The highest BCUT2D eigenvalue weighted by Crippen LogP contribution is 2.08. The van der Waals surface area contributed by atoms with Gasteiger partial charge in [0.15, 0.2) is 5.96 Å². The van der Waals surface area contributed by atoms with Crippen molar-refractivity contribution in [3.05, 3.63) is 48.0 Å². The summed E-state index contributed by atoms with van der Waals surface area (Å²) in [6.45, 7) is 6.89. The Morgan fingerprint density at radius 1 is 1.38 bits per heavy atom. The Balaban J connectivity index is 1.99. The van der Waals surface area contributed by atoms with E-state index in [9.17, 15) is 0 Å². The first-order valence-corrected chi connectivity index (χ1v) is 8.15. The van der Waals surface area contributed by atoms with Gasteiger partial charge in [0.25, 0.3) is 0 Å². The van der Waals surface area contributed by atoms with Crippen LogP contribution < -0.4 is 10.6 Å². The van der Waals surface area contributed by atoms with Crippen LogP contribution in [0.1, 0.15) is 25.0 Å². The van der Waals surface area contributed by atoms with Gasteiger partial charge < -0.3 is 15.4 Å². The molecule has 2 N–H and O–H groups in total. The molecule has 0 bridgehead atoms. The lowest BCUT2D eigenvalue weighted by Gasteiger charge is -2.17. The van der Waals surface area contributed by atoms with Crippen molar-refractivity contribution in [3.8, 4) is 0 Å². The Labute approximate surface area is 143 Å². The monoisotopic (exact) mass is 330 g/mol. The van der Waals surface area contributed by atoms with E-state index in [-0.39, 0.29) is 6.04 Å². The molecule has 0 amide bonds. The van der Waals surface area contributed by atoms with E-state index in [4.69, 9.17) is 4.74 Å². The average molecular weight is 330 g/mol. The highest BCUT2D eigenvalue weighted by molar-refractivity contribution is 5.80. The first kappa shape index (κ1) is 17.9. The van der Waals surface area contributed by atoms with Crippen LogP contribution in [-0.4, -0.2) is 47.0 Å². The molecule has 0 fully saturated rings. The van der Waals surface area contributed by atoms with Crippen LogP contribution >= 0.6 is 0 Å². The van der Waals surface area contributed by atoms with Crippen molar-refractivity contribution in [1.29, 1.82) is 0 Å². The molecule has 0 saturated carbocycles. The maximum Gasteiger partial charge on any atom is 0.191 e. The number of guanidine groups is 1. The van der Waals surface area contributed by atoms with E-state index < -0.39 is 0 Å². The molecule has 1 aromatic heterocycles. The lowest BCUT2D eigenvalue weighted by Crippen LogP contribution is -2.43. The SMILES string of the molecule is CCNC(=NCc1cccc(Cn2cncn2)c1)NC(C)COC. The Kier molecular flexibility index (Phi) is 7.22. The zero-order valence-corrected chi connectivity index (χ0v) is 14.6. The van der Waals surface area contributed by atoms with E-state index in [2.05, 4.69) is 57.8 Å². The molecule has 0 aliphatic carbocycles. The predicted octanol–water partition coefficient (Wildman–Crippen LogP) is 1.42. The zero-order chi connectivity index (χ0) is 17.2. The lowest BCUT2D eigenvalue weighted by molar-refractivity contribution is 0.179. The van der Waals surface area contributed by atoms with Crippen LogP contribution in [0.2, 0.25) is 0 Å². The van der Waals surface area contributed by atoms with Crippen molar-refractivity contribution in [3.63, 3.8) is 0 Å². The molecule has 7 heteroatoms. The van der Waals surface area contributed by atoms with Crippen LogP contribution in [0.15, 0.2) is 41.9 Å². The zero-order valence-electron chi connectivity index (χ0n) is 14.6. The van der Waals surface area contributed by atoms with Gasteiger partial charge in [-0.3, -0.25) is 0 Å². The van der Waals surface area contributed by atoms with Crippen LogP contribution in [0.4, 0.5) is 0 Å². The van der Waals surface area contributed by atoms with Gasteiger partial charge >= 0.3 is 0 Å². The second-order valence-corrected chi connectivity index (χ2v) is 5.61. The van der Waals surface area contributed by atoms with Gasteiger partial charge in [-0.2, -0.15) is 5.10 Å². The number of methoxy groups -OCH3 is 1. The normalized spacial score (nSPS) is 12.9. The maximum atomic E-state index is 5.15. The van der Waals surface area contributed by atoms with Crippen LogP contribution in [0.3, 0.4) is 0 Å². The maximum absolute atomic E-state index is 5.15. The minimum absolute atomic E-state index is 0.200. The molecule has 1 aromatic carbocycles. The van der Waals surface area contributed by atoms with Gasteiger partial charge in [0.1, 0.15) is 12.7 Å². The van der Waals surface area contributed by atoms with Crippen molar-refractivity contribution >= 4 is 5.96 Å². The van der Waals surface area contributed by atoms with Crippen LogP contribution in [0.5, 0.6) is 0 Å². The van der Waals surface area contributed by atoms with Crippen molar-refractivity contribution < 1.29 is 4.74 Å². The fourth-order valence-corrected chi connectivity index (χ4v) is 2.34. The van der Waals surface area contributed by atoms with Gasteiger partial charge in [-0.05, 0) is 25.0 Å². The molecule has 1 atom stereocenters. The van der Waals surface area contributed by atoms with Crippen molar-refractivity contribution in [1.82, 2.24) is 25.4 Å². The third-order valence-corrected chi connectivity index (χ3v) is 3.37. The first-order valence-electron chi connectivity index (χ1n) is 8.15. The summed E-state index contributed by atoms with van der Waals surface area (Å²) in [5, 5.41) is 10.7. The van der Waals surface area contributed by atoms with E-state index in [1.54, 1.807) is 24.4 Å². The molecule has 2 aromatic rings. The summed E-state index contributed by atoms with van der Waals surface area (Å²) < 4.78 is 6.96. The molecule has 130 valence electrons. The van der Waals surface area contributed by atoms with E-state index in [0.717, 1.165) is 18.1 Å². The number of hydrogen-bond acceptors (Lipinski definition) is 4. The summed E-state index contributed by atoms with van der Waals surface area (Å²) in [6, 6.07) is 8.56. The second kappa shape index (κ2) is 9.67. The Hall–Kier alpha value is -2.41. The summed E-state index contributed by atoms with van der Waals surface area (Å²) in [5.74, 6) is 0.795. The summed E-state index contributed by atoms with van der Waals surface area (Å²) >= 11 is 0. The second-order valence-electron chi connectivity index (χ2n) is 5.61. The molecule has 0 aliphatic heterocycles. The molecule has 1 heterocycles. The molecular formula is C17H26N6O. The molecule has 0 saturated heterocycles. The number of nitrogens with one attached hydrogen (secondary N) is 2. The van der Waals surface area contributed by atoms with Gasteiger partial charge in [0.05, 0.1) is 19.7 Å². The molecule has 24 heavy (non-hydrogen) atoms. The number of benzene rings is 1. The number of aliphatic imine (C=N–C) groups is 1. The van der Waals surface area contributed by atoms with Gasteiger partial charge in [-0.1, -0.05) is 24.3 Å². The van der Waals surface area contributed by atoms with Gasteiger partial charge in [0.2, 0.25) is 0 Å². The fraction of sp³-hybridized carbons (Fsp3) is 0.471. The third kappa shape index (κ3) is 6.00. The molecule has 0 radical (unpaired) electrons. The van der Waals surface area contributed by atoms with Crippen molar-refractivity contribution in [2.75, 3.05) is 20.3 Å². The smallest absolute Gasteiger partial charge is 0.191 e. The van der Waals surface area contributed by atoms with Gasteiger partial charge in [-0.25, -0.2) is 14.7 Å². The van der Waals surface area contributed by atoms with E-state index in [1.165, 1.54) is 5.56 Å². The molecule has 0 aliphatic rings. The van der Waals surface area contributed by atoms with Crippen LogP contribution in [0.25, 0.3) is 0 Å². The molecule has 7 nitrogen and oxygen atoms in total. The summed E-state index contributed by atoms with van der Waals surface area (Å²) in [7, 11) is 1.70. The predicted molar refractivity (Wildman–Crippen MR) is 94.9 cm³/mol. The standard InChI is InChI=1S/C17H26N6O/c1-4-19-17(22-14(2)11-24-3)20-9-15-6-5-7-16(8-15)10-23-13-18-12-21-23/h5-8,12-14H,4,9-11H2,1-3H3,(H2,19,20,22). The van der Waals surface area contributed by atoms with Crippen LogP contribution in [0, 0.1) is 0 Å². The molecule has 2 rings (SSSR count). The molecule has 0 spiro atoms. The highest BCUT2D eigenvalue weighted by Gasteiger charge is 2.04. The Bertz CT molecular complexity index is 626. The van der Waals surface area contributed by atoms with E-state index >= 15 is 0 Å². The lowest BCUT2D eigenvalue weighted by atomic mass is 10.1. The minimum atomic E-state index is 0.200. The number of nitrogens with zero attached hydrogens (tertiary/aromatic N) is 4. The average Bonchev–Trinajstić information content (AvgIpc) is 3.06. The number of ether oxygens (including phenoxy) is 1. The summed E-state index contributed by atoms with van der Waals surface area (Å²) in [5.41, 5.74) is 2.34. The molecule has 1 unspecified atom stereocenters.